The SMILES string of the molecule is CNc1nc2cc(OC)c(OC)cc2cc1O. The smallest absolute Gasteiger partial charge is 0.168 e. The van der Waals surface area contributed by atoms with Crippen LogP contribution in [0.15, 0.2) is 18.2 Å². The molecule has 0 saturated heterocycles. The van der Waals surface area contributed by atoms with E-state index in [1.54, 1.807) is 39.5 Å². The van der Waals surface area contributed by atoms with Gasteiger partial charge in [0.05, 0.1) is 19.7 Å². The van der Waals surface area contributed by atoms with E-state index in [0.29, 0.717) is 17.3 Å². The van der Waals surface area contributed by atoms with Crippen molar-refractivity contribution in [1.82, 2.24) is 4.98 Å². The van der Waals surface area contributed by atoms with E-state index >= 15 is 0 Å². The Morgan fingerprint density at radius 3 is 2.35 bits per heavy atom. The first-order chi connectivity index (χ1) is 8.19. The summed E-state index contributed by atoms with van der Waals surface area (Å²) < 4.78 is 10.4. The van der Waals surface area contributed by atoms with Crippen LogP contribution in [-0.2, 0) is 0 Å². The van der Waals surface area contributed by atoms with Gasteiger partial charge in [0, 0.05) is 18.5 Å². The molecule has 5 nitrogen and oxygen atoms in total. The van der Waals surface area contributed by atoms with Crippen molar-refractivity contribution in [3.63, 3.8) is 0 Å². The molecule has 2 N–H and O–H groups in total. The number of hydrogen-bond acceptors (Lipinski definition) is 5. The number of ether oxygens (including phenoxy) is 2. The number of anilines is 1. The fraction of sp³-hybridized carbons (Fsp3) is 0.250. The van der Waals surface area contributed by atoms with Crippen molar-refractivity contribution in [3.05, 3.63) is 18.2 Å². The second-order valence-corrected chi connectivity index (χ2v) is 3.51. The summed E-state index contributed by atoms with van der Waals surface area (Å²) in [6, 6.07) is 5.19. The Morgan fingerprint density at radius 2 is 1.76 bits per heavy atom. The second kappa shape index (κ2) is 4.37. The lowest BCUT2D eigenvalue weighted by Gasteiger charge is -2.10. The Bertz CT molecular complexity index is 555. The zero-order valence-corrected chi connectivity index (χ0v) is 9.94. The topological polar surface area (TPSA) is 63.6 Å². The van der Waals surface area contributed by atoms with E-state index in [4.69, 9.17) is 9.47 Å². The molecule has 2 aromatic rings. The van der Waals surface area contributed by atoms with Gasteiger partial charge in [-0.3, -0.25) is 0 Å². The van der Waals surface area contributed by atoms with E-state index in [1.807, 2.05) is 0 Å². The number of fused-ring (bicyclic) bond motifs is 1. The maximum atomic E-state index is 9.70. The molecule has 0 amide bonds. The molecule has 0 radical (unpaired) electrons. The molecule has 1 aromatic carbocycles. The highest BCUT2D eigenvalue weighted by Gasteiger charge is 2.09. The molecule has 0 aliphatic rings. The number of aromatic nitrogens is 1. The minimum Gasteiger partial charge on any atom is -0.504 e. The molecule has 0 bridgehead atoms. The van der Waals surface area contributed by atoms with Crippen LogP contribution in [0.1, 0.15) is 0 Å². The maximum absolute atomic E-state index is 9.70. The summed E-state index contributed by atoms with van der Waals surface area (Å²) in [5, 5.41) is 13.3. The maximum Gasteiger partial charge on any atom is 0.168 e. The molecule has 1 heterocycles. The second-order valence-electron chi connectivity index (χ2n) is 3.51. The third-order valence-corrected chi connectivity index (χ3v) is 2.54. The summed E-state index contributed by atoms with van der Waals surface area (Å²) in [6.07, 6.45) is 0. The van der Waals surface area contributed by atoms with E-state index in [2.05, 4.69) is 10.3 Å². The minimum absolute atomic E-state index is 0.104. The van der Waals surface area contributed by atoms with E-state index in [1.165, 1.54) is 0 Å². The molecule has 0 aliphatic carbocycles. The number of methoxy groups -OCH3 is 2. The number of pyridine rings is 1. The van der Waals surface area contributed by atoms with Crippen molar-refractivity contribution in [2.24, 2.45) is 0 Å². The van der Waals surface area contributed by atoms with Crippen LogP contribution >= 0.6 is 0 Å². The van der Waals surface area contributed by atoms with Gasteiger partial charge in [-0.1, -0.05) is 0 Å². The highest BCUT2D eigenvalue weighted by atomic mass is 16.5. The summed E-state index contributed by atoms with van der Waals surface area (Å²) in [6.45, 7) is 0. The van der Waals surface area contributed by atoms with Gasteiger partial charge in [0.25, 0.3) is 0 Å². The minimum atomic E-state index is 0.104. The molecule has 0 aliphatic heterocycles. The van der Waals surface area contributed by atoms with Gasteiger partial charge in [-0.2, -0.15) is 0 Å². The third-order valence-electron chi connectivity index (χ3n) is 2.54. The molecular weight excluding hydrogens is 220 g/mol. The molecule has 17 heavy (non-hydrogen) atoms. The Hall–Kier alpha value is -2.17. The first-order valence-electron chi connectivity index (χ1n) is 5.13. The van der Waals surface area contributed by atoms with Gasteiger partial charge in [-0.05, 0) is 12.1 Å². The standard InChI is InChI=1S/C12H14N2O3/c1-13-12-9(15)4-7-5-10(16-2)11(17-3)6-8(7)14-12/h4-6,15H,1-3H3,(H,13,14). The van der Waals surface area contributed by atoms with Gasteiger partial charge in [0.2, 0.25) is 0 Å². The molecule has 0 unspecified atom stereocenters. The normalized spacial score (nSPS) is 10.3. The Kier molecular flexibility index (Phi) is 2.91. The van der Waals surface area contributed by atoms with Gasteiger partial charge < -0.3 is 19.9 Å². The van der Waals surface area contributed by atoms with E-state index in [9.17, 15) is 5.11 Å². The zero-order valence-electron chi connectivity index (χ0n) is 9.94. The quantitative estimate of drug-likeness (QED) is 0.850. The molecule has 90 valence electrons. The van der Waals surface area contributed by atoms with Crippen molar-refractivity contribution < 1.29 is 14.6 Å². The number of rotatable bonds is 3. The molecule has 0 atom stereocenters. The fourth-order valence-corrected chi connectivity index (χ4v) is 1.67. The summed E-state index contributed by atoms with van der Waals surface area (Å²) in [4.78, 5) is 4.28. The zero-order chi connectivity index (χ0) is 12.4. The van der Waals surface area contributed by atoms with Crippen LogP contribution in [0.2, 0.25) is 0 Å². The first-order valence-corrected chi connectivity index (χ1v) is 5.13. The van der Waals surface area contributed by atoms with Gasteiger partial charge in [0.15, 0.2) is 23.1 Å². The average Bonchev–Trinajstić information content (AvgIpc) is 2.36. The molecule has 0 saturated carbocycles. The lowest BCUT2D eigenvalue weighted by molar-refractivity contribution is 0.355. The van der Waals surface area contributed by atoms with Crippen molar-refractivity contribution in [2.75, 3.05) is 26.6 Å². The van der Waals surface area contributed by atoms with Crippen molar-refractivity contribution in [2.45, 2.75) is 0 Å². The van der Waals surface area contributed by atoms with Gasteiger partial charge in [0.1, 0.15) is 0 Å². The van der Waals surface area contributed by atoms with Crippen LogP contribution in [0.3, 0.4) is 0 Å². The number of nitrogens with one attached hydrogen (secondary N) is 1. The summed E-state index contributed by atoms with van der Waals surface area (Å²) >= 11 is 0. The molecule has 1 aromatic heterocycles. The van der Waals surface area contributed by atoms with Gasteiger partial charge in [-0.25, -0.2) is 4.98 Å². The largest absolute Gasteiger partial charge is 0.504 e. The lowest BCUT2D eigenvalue weighted by Crippen LogP contribution is -1.95. The van der Waals surface area contributed by atoms with Crippen molar-refractivity contribution >= 4 is 16.7 Å². The highest BCUT2D eigenvalue weighted by Crippen LogP contribution is 2.34. The van der Waals surface area contributed by atoms with Crippen LogP contribution in [-0.4, -0.2) is 31.4 Å². The predicted molar refractivity (Wildman–Crippen MR) is 66.1 cm³/mol. The van der Waals surface area contributed by atoms with Crippen LogP contribution in [0.25, 0.3) is 10.9 Å². The van der Waals surface area contributed by atoms with Crippen LogP contribution in [0, 0.1) is 0 Å². The fourth-order valence-electron chi connectivity index (χ4n) is 1.67. The lowest BCUT2D eigenvalue weighted by atomic mass is 10.2. The van der Waals surface area contributed by atoms with Crippen LogP contribution in [0.5, 0.6) is 17.2 Å². The molecular formula is C12H14N2O3. The van der Waals surface area contributed by atoms with Gasteiger partial charge >= 0.3 is 0 Å². The van der Waals surface area contributed by atoms with Crippen LogP contribution in [0.4, 0.5) is 5.82 Å². The van der Waals surface area contributed by atoms with E-state index < -0.39 is 0 Å². The van der Waals surface area contributed by atoms with Crippen molar-refractivity contribution in [3.8, 4) is 17.2 Å². The number of nitrogens with zero attached hydrogens (tertiary/aromatic N) is 1. The van der Waals surface area contributed by atoms with E-state index in [0.717, 1.165) is 10.9 Å². The third kappa shape index (κ3) is 1.91. The monoisotopic (exact) mass is 234 g/mol. The number of benzene rings is 1. The average molecular weight is 234 g/mol. The number of hydrogen-bond donors (Lipinski definition) is 2. The Morgan fingerprint density at radius 1 is 1.12 bits per heavy atom. The summed E-state index contributed by atoms with van der Waals surface area (Å²) in [5.74, 6) is 1.76. The van der Waals surface area contributed by atoms with Gasteiger partial charge in [-0.15, -0.1) is 0 Å². The summed E-state index contributed by atoms with van der Waals surface area (Å²) in [7, 11) is 4.84. The highest BCUT2D eigenvalue weighted by molar-refractivity contribution is 5.86. The van der Waals surface area contributed by atoms with E-state index in [-0.39, 0.29) is 5.75 Å². The molecule has 0 spiro atoms. The first kappa shape index (κ1) is 11.3. The summed E-state index contributed by atoms with van der Waals surface area (Å²) in [5.41, 5.74) is 0.727. The Labute approximate surface area is 99.0 Å². The molecule has 5 heteroatoms. The van der Waals surface area contributed by atoms with Crippen molar-refractivity contribution in [1.29, 1.82) is 0 Å². The Balaban J connectivity index is 2.70. The molecule has 0 fully saturated rings. The van der Waals surface area contributed by atoms with Crippen LogP contribution < -0.4 is 14.8 Å². The molecule has 2 rings (SSSR count). The number of aromatic hydroxyl groups is 1. The predicted octanol–water partition coefficient (Wildman–Crippen LogP) is 2.00.